The molecule has 0 radical (unpaired) electrons. The second-order valence-electron chi connectivity index (χ2n) is 9.65. The van der Waals surface area contributed by atoms with Crippen LogP contribution >= 0.6 is 0 Å². The van der Waals surface area contributed by atoms with Crippen LogP contribution in [-0.2, 0) is 30.3 Å². The summed E-state index contributed by atoms with van der Waals surface area (Å²) in [6.45, 7) is 2.69. The average Bonchev–Trinajstić information content (AvgIpc) is 3.50. The molecule has 5 rings (SSSR count). The predicted octanol–water partition coefficient (Wildman–Crippen LogP) is 2.00. The third kappa shape index (κ3) is 5.73. The summed E-state index contributed by atoms with van der Waals surface area (Å²) < 4.78 is 37.6. The van der Waals surface area contributed by atoms with Crippen molar-refractivity contribution in [2.45, 2.75) is 25.5 Å². The quantitative estimate of drug-likeness (QED) is 0.382. The van der Waals surface area contributed by atoms with Gasteiger partial charge in [0.1, 0.15) is 12.7 Å². The number of rotatable bonds is 7. The standard InChI is InChI=1S/C27H27F2N5O6/c1-15(8-16-11-30-23-10-22(29)21(28)9-20(16)23)32-26(37)25(36)31-12-19-13-34(27(38)40-19)18-4-2-17(3-5-18)33-6-7-39-14-24(33)35/h2-5,9-11,15,19,30H,6-8,12-14H2,1H3,(H,31,36)(H,32,37)/t15?,19-/m0/s1. The molecule has 2 fully saturated rings. The number of aromatic amines is 1. The lowest BCUT2D eigenvalue weighted by Gasteiger charge is -2.27. The lowest BCUT2D eigenvalue weighted by molar-refractivity contribution is -0.139. The number of nitrogens with one attached hydrogen (secondary N) is 3. The molecule has 0 spiro atoms. The van der Waals surface area contributed by atoms with E-state index in [0.29, 0.717) is 41.0 Å². The van der Waals surface area contributed by atoms with Gasteiger partial charge in [0.05, 0.1) is 19.7 Å². The maximum Gasteiger partial charge on any atom is 0.414 e. The molecule has 2 saturated heterocycles. The zero-order valence-electron chi connectivity index (χ0n) is 21.5. The van der Waals surface area contributed by atoms with Gasteiger partial charge in [-0.1, -0.05) is 0 Å². The predicted molar refractivity (Wildman–Crippen MR) is 140 cm³/mol. The van der Waals surface area contributed by atoms with Crippen LogP contribution in [0, 0.1) is 11.6 Å². The summed E-state index contributed by atoms with van der Waals surface area (Å²) in [6.07, 6.45) is 0.603. The van der Waals surface area contributed by atoms with Gasteiger partial charge >= 0.3 is 17.9 Å². The van der Waals surface area contributed by atoms with Gasteiger partial charge in [0.15, 0.2) is 11.6 Å². The number of hydrogen-bond donors (Lipinski definition) is 3. The Kier molecular flexibility index (Phi) is 7.65. The molecule has 3 N–H and O–H groups in total. The normalized spacial score (nSPS) is 18.1. The smallest absolute Gasteiger partial charge is 0.414 e. The Morgan fingerprint density at radius 2 is 1.77 bits per heavy atom. The number of nitrogens with zero attached hydrogens (tertiary/aromatic N) is 2. The number of anilines is 2. The summed E-state index contributed by atoms with van der Waals surface area (Å²) >= 11 is 0. The van der Waals surface area contributed by atoms with Crippen LogP contribution in [0.1, 0.15) is 12.5 Å². The number of fused-ring (bicyclic) bond motifs is 1. The molecule has 40 heavy (non-hydrogen) atoms. The third-order valence-corrected chi connectivity index (χ3v) is 6.74. The van der Waals surface area contributed by atoms with E-state index in [9.17, 15) is 28.0 Å². The lowest BCUT2D eigenvalue weighted by atomic mass is 10.1. The van der Waals surface area contributed by atoms with Gasteiger partial charge in [-0.2, -0.15) is 0 Å². The molecule has 2 atom stereocenters. The van der Waals surface area contributed by atoms with Crippen LogP contribution in [-0.4, -0.2) is 73.8 Å². The molecule has 0 aliphatic carbocycles. The largest absolute Gasteiger partial charge is 0.442 e. The van der Waals surface area contributed by atoms with E-state index < -0.39 is 41.7 Å². The van der Waals surface area contributed by atoms with E-state index in [1.165, 1.54) is 4.90 Å². The number of ether oxygens (including phenoxy) is 2. The second kappa shape index (κ2) is 11.3. The fourth-order valence-electron chi connectivity index (χ4n) is 4.74. The summed E-state index contributed by atoms with van der Waals surface area (Å²) in [5.74, 6) is -3.85. The molecule has 2 aliphatic rings. The molecular weight excluding hydrogens is 528 g/mol. The molecule has 2 aromatic carbocycles. The summed E-state index contributed by atoms with van der Waals surface area (Å²) in [5, 5.41) is 5.54. The molecule has 1 unspecified atom stereocenters. The molecule has 210 valence electrons. The highest BCUT2D eigenvalue weighted by Crippen LogP contribution is 2.26. The van der Waals surface area contributed by atoms with Crippen molar-refractivity contribution in [1.29, 1.82) is 0 Å². The molecular formula is C27H27F2N5O6. The van der Waals surface area contributed by atoms with Crippen molar-refractivity contribution in [3.8, 4) is 0 Å². The van der Waals surface area contributed by atoms with Crippen LogP contribution in [0.15, 0.2) is 42.6 Å². The second-order valence-corrected chi connectivity index (χ2v) is 9.65. The Balaban J connectivity index is 1.10. The fourth-order valence-corrected chi connectivity index (χ4v) is 4.74. The number of morpholine rings is 1. The van der Waals surface area contributed by atoms with Gasteiger partial charge < -0.3 is 30.0 Å². The fraction of sp³-hybridized carbons (Fsp3) is 0.333. The molecule has 3 heterocycles. The van der Waals surface area contributed by atoms with Gasteiger partial charge in [0.2, 0.25) is 0 Å². The van der Waals surface area contributed by atoms with Crippen molar-refractivity contribution in [3.05, 3.63) is 59.8 Å². The maximum absolute atomic E-state index is 13.7. The van der Waals surface area contributed by atoms with Gasteiger partial charge in [-0.3, -0.25) is 19.3 Å². The first kappa shape index (κ1) is 27.1. The highest BCUT2D eigenvalue weighted by Gasteiger charge is 2.33. The van der Waals surface area contributed by atoms with Crippen LogP contribution in [0.2, 0.25) is 0 Å². The minimum Gasteiger partial charge on any atom is -0.442 e. The molecule has 4 amide bonds. The monoisotopic (exact) mass is 555 g/mol. The van der Waals surface area contributed by atoms with E-state index in [1.807, 2.05) is 0 Å². The summed E-state index contributed by atoms with van der Waals surface area (Å²) in [4.78, 5) is 55.1. The number of benzene rings is 2. The summed E-state index contributed by atoms with van der Waals surface area (Å²) in [6, 6.07) is 8.53. The van der Waals surface area contributed by atoms with Crippen molar-refractivity contribution in [2.75, 3.05) is 42.6 Å². The van der Waals surface area contributed by atoms with Crippen molar-refractivity contribution < 1.29 is 37.4 Å². The van der Waals surface area contributed by atoms with Crippen LogP contribution < -0.4 is 20.4 Å². The number of carbonyl (C=O) groups excluding carboxylic acids is 4. The van der Waals surface area contributed by atoms with E-state index >= 15 is 0 Å². The van der Waals surface area contributed by atoms with Crippen LogP contribution in [0.25, 0.3) is 10.9 Å². The minimum absolute atomic E-state index is 0.0260. The topological polar surface area (TPSA) is 133 Å². The first-order valence-corrected chi connectivity index (χ1v) is 12.7. The van der Waals surface area contributed by atoms with E-state index in [0.717, 1.165) is 12.1 Å². The Labute approximate surface area is 227 Å². The molecule has 11 nitrogen and oxygen atoms in total. The first-order valence-electron chi connectivity index (χ1n) is 12.7. The highest BCUT2D eigenvalue weighted by molar-refractivity contribution is 6.35. The average molecular weight is 556 g/mol. The zero-order chi connectivity index (χ0) is 28.4. The van der Waals surface area contributed by atoms with E-state index in [2.05, 4.69) is 15.6 Å². The van der Waals surface area contributed by atoms with E-state index in [1.54, 1.807) is 42.3 Å². The number of carbonyl (C=O) groups is 4. The van der Waals surface area contributed by atoms with Gasteiger partial charge in [-0.25, -0.2) is 13.6 Å². The minimum atomic E-state index is -0.975. The maximum atomic E-state index is 13.7. The summed E-state index contributed by atoms with van der Waals surface area (Å²) in [7, 11) is 0. The van der Waals surface area contributed by atoms with E-state index in [-0.39, 0.29) is 32.0 Å². The highest BCUT2D eigenvalue weighted by atomic mass is 19.2. The number of hydrogen-bond acceptors (Lipinski definition) is 6. The molecule has 3 aromatic rings. The molecule has 2 aliphatic heterocycles. The van der Waals surface area contributed by atoms with Gasteiger partial charge in [0.25, 0.3) is 5.91 Å². The Bertz CT molecular complexity index is 1460. The molecule has 1 aromatic heterocycles. The number of halogens is 2. The lowest BCUT2D eigenvalue weighted by Crippen LogP contribution is -2.46. The SMILES string of the molecule is CC(Cc1c[nH]c2cc(F)c(F)cc12)NC(=O)C(=O)NC[C@H]1CN(c2ccc(N3CCOCC3=O)cc2)C(=O)O1. The first-order chi connectivity index (χ1) is 19.2. The Hall–Kier alpha value is -4.52. The third-order valence-electron chi connectivity index (χ3n) is 6.74. The van der Waals surface area contributed by atoms with Crippen molar-refractivity contribution in [3.63, 3.8) is 0 Å². The molecule has 0 saturated carbocycles. The van der Waals surface area contributed by atoms with Crippen LogP contribution in [0.5, 0.6) is 0 Å². The molecule has 0 bridgehead atoms. The van der Waals surface area contributed by atoms with Crippen molar-refractivity contribution >= 4 is 46.1 Å². The van der Waals surface area contributed by atoms with Crippen molar-refractivity contribution in [2.24, 2.45) is 0 Å². The number of aromatic nitrogens is 1. The number of cyclic esters (lactones) is 1. The zero-order valence-corrected chi connectivity index (χ0v) is 21.5. The Morgan fingerprint density at radius 3 is 2.50 bits per heavy atom. The van der Waals surface area contributed by atoms with Gasteiger partial charge in [-0.15, -0.1) is 0 Å². The van der Waals surface area contributed by atoms with Gasteiger partial charge in [-0.05, 0) is 49.2 Å². The van der Waals surface area contributed by atoms with E-state index in [4.69, 9.17) is 9.47 Å². The van der Waals surface area contributed by atoms with Crippen LogP contribution in [0.3, 0.4) is 0 Å². The summed E-state index contributed by atoms with van der Waals surface area (Å²) in [5.41, 5.74) is 2.34. The number of amides is 4. The molecule has 13 heteroatoms. The van der Waals surface area contributed by atoms with Crippen molar-refractivity contribution in [1.82, 2.24) is 15.6 Å². The number of H-pyrrole nitrogens is 1. The van der Waals surface area contributed by atoms with Gasteiger partial charge in [0, 0.05) is 47.1 Å². The van der Waals surface area contributed by atoms with Crippen LogP contribution in [0.4, 0.5) is 25.0 Å². The Morgan fingerprint density at radius 1 is 1.07 bits per heavy atom.